The summed E-state index contributed by atoms with van der Waals surface area (Å²) in [5.41, 5.74) is 1.17. The Kier molecular flexibility index (Phi) is 3.31. The molecular formula is C8H11ClN2O. The Bertz CT molecular complexity index is 256. The van der Waals surface area contributed by atoms with Crippen molar-refractivity contribution in [1.82, 2.24) is 10.3 Å². The summed E-state index contributed by atoms with van der Waals surface area (Å²) in [5, 5.41) is 3.25. The minimum atomic E-state index is 0. The van der Waals surface area contributed by atoms with E-state index in [2.05, 4.69) is 16.4 Å². The van der Waals surface area contributed by atoms with E-state index in [1.165, 1.54) is 5.57 Å². The summed E-state index contributed by atoms with van der Waals surface area (Å²) in [7, 11) is 0. The quantitative estimate of drug-likeness (QED) is 0.722. The van der Waals surface area contributed by atoms with Crippen LogP contribution in [0.5, 0.6) is 0 Å². The van der Waals surface area contributed by atoms with E-state index in [4.69, 9.17) is 4.42 Å². The van der Waals surface area contributed by atoms with Crippen LogP contribution in [0, 0.1) is 0 Å². The van der Waals surface area contributed by atoms with Gasteiger partial charge in [-0.25, -0.2) is 4.98 Å². The molecule has 1 aliphatic rings. The van der Waals surface area contributed by atoms with Crippen molar-refractivity contribution in [2.75, 3.05) is 13.1 Å². The van der Waals surface area contributed by atoms with Gasteiger partial charge in [0.1, 0.15) is 6.26 Å². The molecule has 1 N–H and O–H groups in total. The van der Waals surface area contributed by atoms with Crippen LogP contribution < -0.4 is 5.32 Å². The van der Waals surface area contributed by atoms with Crippen molar-refractivity contribution in [1.29, 1.82) is 0 Å². The molecule has 1 aromatic heterocycles. The molecule has 0 spiro atoms. The van der Waals surface area contributed by atoms with Gasteiger partial charge in [-0.2, -0.15) is 0 Å². The molecule has 66 valence electrons. The Morgan fingerprint density at radius 1 is 1.50 bits per heavy atom. The van der Waals surface area contributed by atoms with E-state index in [0.717, 1.165) is 25.4 Å². The lowest BCUT2D eigenvalue weighted by Crippen LogP contribution is -2.21. The highest BCUT2D eigenvalue weighted by atomic mass is 35.5. The maximum atomic E-state index is 5.15. The largest absolute Gasteiger partial charge is 0.445 e. The first-order valence-electron chi connectivity index (χ1n) is 3.76. The summed E-state index contributed by atoms with van der Waals surface area (Å²) in [6, 6.07) is 0. The molecule has 2 heterocycles. The summed E-state index contributed by atoms with van der Waals surface area (Å²) in [4.78, 5) is 4.06. The molecule has 0 aromatic carbocycles. The molecule has 0 saturated heterocycles. The molecule has 2 rings (SSSR count). The van der Waals surface area contributed by atoms with E-state index in [1.54, 1.807) is 12.5 Å². The third kappa shape index (κ3) is 1.87. The van der Waals surface area contributed by atoms with Gasteiger partial charge in [-0.3, -0.25) is 0 Å². The number of hydrogen-bond donors (Lipinski definition) is 1. The predicted molar refractivity (Wildman–Crippen MR) is 49.2 cm³/mol. The van der Waals surface area contributed by atoms with E-state index < -0.39 is 0 Å². The number of halogens is 1. The van der Waals surface area contributed by atoms with Crippen LogP contribution in [0.1, 0.15) is 12.3 Å². The summed E-state index contributed by atoms with van der Waals surface area (Å²) in [6.07, 6.45) is 6.51. The Hall–Kier alpha value is -0.800. The number of oxazole rings is 1. The molecule has 0 fully saturated rings. The molecule has 0 amide bonds. The van der Waals surface area contributed by atoms with Gasteiger partial charge in [-0.05, 0) is 13.0 Å². The highest BCUT2D eigenvalue weighted by Crippen LogP contribution is 2.13. The van der Waals surface area contributed by atoms with Gasteiger partial charge in [0.15, 0.2) is 0 Å². The second kappa shape index (κ2) is 4.28. The van der Waals surface area contributed by atoms with Crippen molar-refractivity contribution in [3.05, 3.63) is 24.4 Å². The molecule has 0 aliphatic carbocycles. The molecule has 3 nitrogen and oxygen atoms in total. The zero-order valence-electron chi connectivity index (χ0n) is 6.62. The van der Waals surface area contributed by atoms with Crippen LogP contribution in [0.4, 0.5) is 0 Å². The van der Waals surface area contributed by atoms with Gasteiger partial charge >= 0.3 is 0 Å². The Morgan fingerprint density at radius 2 is 2.42 bits per heavy atom. The fourth-order valence-electron chi connectivity index (χ4n) is 1.19. The topological polar surface area (TPSA) is 38.1 Å². The fourth-order valence-corrected chi connectivity index (χ4v) is 1.19. The average molecular weight is 187 g/mol. The van der Waals surface area contributed by atoms with Gasteiger partial charge in [0.05, 0.1) is 6.20 Å². The van der Waals surface area contributed by atoms with Gasteiger partial charge in [-0.15, -0.1) is 12.4 Å². The Morgan fingerprint density at radius 3 is 3.00 bits per heavy atom. The SMILES string of the molecule is C1=C(c2ncco2)CNCC1.Cl. The second-order valence-electron chi connectivity index (χ2n) is 2.53. The zero-order valence-corrected chi connectivity index (χ0v) is 7.43. The molecule has 0 atom stereocenters. The summed E-state index contributed by atoms with van der Waals surface area (Å²) >= 11 is 0. The molecule has 12 heavy (non-hydrogen) atoms. The fraction of sp³-hybridized carbons (Fsp3) is 0.375. The van der Waals surface area contributed by atoms with Crippen LogP contribution in [-0.2, 0) is 0 Å². The van der Waals surface area contributed by atoms with E-state index in [-0.39, 0.29) is 12.4 Å². The summed E-state index contributed by atoms with van der Waals surface area (Å²) in [5.74, 6) is 0.747. The second-order valence-corrected chi connectivity index (χ2v) is 2.53. The third-order valence-corrected chi connectivity index (χ3v) is 1.73. The third-order valence-electron chi connectivity index (χ3n) is 1.73. The Labute approximate surface area is 77.3 Å². The average Bonchev–Trinajstić information content (AvgIpc) is 2.58. The van der Waals surface area contributed by atoms with Crippen molar-refractivity contribution in [2.24, 2.45) is 0 Å². The van der Waals surface area contributed by atoms with Crippen LogP contribution in [0.25, 0.3) is 5.57 Å². The van der Waals surface area contributed by atoms with E-state index in [9.17, 15) is 0 Å². The first kappa shape index (κ1) is 9.29. The van der Waals surface area contributed by atoms with E-state index in [1.807, 2.05) is 0 Å². The van der Waals surface area contributed by atoms with Crippen LogP contribution in [0.15, 0.2) is 23.0 Å². The van der Waals surface area contributed by atoms with Gasteiger partial charge in [-0.1, -0.05) is 6.08 Å². The van der Waals surface area contributed by atoms with Gasteiger partial charge in [0, 0.05) is 12.1 Å². The van der Waals surface area contributed by atoms with E-state index in [0.29, 0.717) is 0 Å². The van der Waals surface area contributed by atoms with Crippen LogP contribution >= 0.6 is 12.4 Å². The highest BCUT2D eigenvalue weighted by molar-refractivity contribution is 5.85. The minimum Gasteiger partial charge on any atom is -0.445 e. The number of nitrogens with one attached hydrogen (secondary N) is 1. The standard InChI is InChI=1S/C8H10N2O.ClH/c1-2-7(6-9-3-1)8-10-4-5-11-8;/h2,4-5,9H,1,3,6H2;1H. The molecule has 0 unspecified atom stereocenters. The predicted octanol–water partition coefficient (Wildman–Crippen LogP) is 1.47. The molecule has 1 aromatic rings. The molecular weight excluding hydrogens is 176 g/mol. The summed E-state index contributed by atoms with van der Waals surface area (Å²) < 4.78 is 5.15. The maximum absolute atomic E-state index is 5.15. The van der Waals surface area contributed by atoms with Crippen molar-refractivity contribution in [3.63, 3.8) is 0 Å². The molecule has 1 aliphatic heterocycles. The monoisotopic (exact) mass is 186 g/mol. The van der Waals surface area contributed by atoms with Gasteiger partial charge in [0.2, 0.25) is 5.89 Å². The number of nitrogens with zero attached hydrogens (tertiary/aromatic N) is 1. The Balaban J connectivity index is 0.000000720. The lowest BCUT2D eigenvalue weighted by molar-refractivity contribution is 0.535. The van der Waals surface area contributed by atoms with Crippen molar-refractivity contribution < 1.29 is 4.42 Å². The van der Waals surface area contributed by atoms with Crippen LogP contribution in [-0.4, -0.2) is 18.1 Å². The molecule has 0 bridgehead atoms. The van der Waals surface area contributed by atoms with Crippen molar-refractivity contribution in [3.8, 4) is 0 Å². The maximum Gasteiger partial charge on any atom is 0.222 e. The lowest BCUT2D eigenvalue weighted by atomic mass is 10.1. The zero-order chi connectivity index (χ0) is 7.52. The minimum absolute atomic E-state index is 0. The number of rotatable bonds is 1. The lowest BCUT2D eigenvalue weighted by Gasteiger charge is -2.10. The van der Waals surface area contributed by atoms with Gasteiger partial charge < -0.3 is 9.73 Å². The van der Waals surface area contributed by atoms with E-state index >= 15 is 0 Å². The highest BCUT2D eigenvalue weighted by Gasteiger charge is 2.08. The smallest absolute Gasteiger partial charge is 0.222 e. The molecule has 0 saturated carbocycles. The number of hydrogen-bond acceptors (Lipinski definition) is 3. The van der Waals surface area contributed by atoms with Crippen molar-refractivity contribution >= 4 is 18.0 Å². The van der Waals surface area contributed by atoms with Crippen molar-refractivity contribution in [2.45, 2.75) is 6.42 Å². The number of aromatic nitrogens is 1. The molecule has 4 heteroatoms. The first-order chi connectivity index (χ1) is 5.47. The first-order valence-corrected chi connectivity index (χ1v) is 3.76. The van der Waals surface area contributed by atoms with Gasteiger partial charge in [0.25, 0.3) is 0 Å². The van der Waals surface area contributed by atoms with Crippen LogP contribution in [0.3, 0.4) is 0 Å². The van der Waals surface area contributed by atoms with Crippen LogP contribution in [0.2, 0.25) is 0 Å². The normalized spacial score (nSPS) is 16.5. The molecule has 0 radical (unpaired) electrons. The summed E-state index contributed by atoms with van der Waals surface area (Å²) in [6.45, 7) is 1.94.